The molecule has 1 aliphatic rings. The monoisotopic (exact) mass is 356 g/mol. The van der Waals surface area contributed by atoms with E-state index in [2.05, 4.69) is 10.1 Å². The number of carbonyl (C=O) groups is 2. The fraction of sp³-hybridized carbons (Fsp3) is 0.333. The second-order valence-corrected chi connectivity index (χ2v) is 6.16. The van der Waals surface area contributed by atoms with Crippen molar-refractivity contribution in [2.45, 2.75) is 25.8 Å². The molecular weight excluding hydrogens is 336 g/mol. The number of hydrogen-bond acceptors (Lipinski definition) is 5. The van der Waals surface area contributed by atoms with Gasteiger partial charge < -0.3 is 19.1 Å². The fourth-order valence-electron chi connectivity index (χ4n) is 3.26. The van der Waals surface area contributed by atoms with Crippen molar-refractivity contribution in [3.63, 3.8) is 0 Å². The first-order valence-electron chi connectivity index (χ1n) is 8.29. The molecule has 0 aromatic carbocycles. The molecule has 1 amide bonds. The molecule has 1 N–H and O–H groups in total. The first-order valence-corrected chi connectivity index (χ1v) is 8.29. The first-order chi connectivity index (χ1) is 12.5. The highest BCUT2D eigenvalue weighted by molar-refractivity contribution is 5.95. The molecule has 4 heterocycles. The van der Waals surface area contributed by atoms with Crippen LogP contribution in [0.25, 0.3) is 11.0 Å². The van der Waals surface area contributed by atoms with E-state index in [1.165, 1.54) is 0 Å². The molecule has 3 aromatic rings. The molecule has 8 nitrogen and oxygen atoms in total. The molecule has 8 heteroatoms. The van der Waals surface area contributed by atoms with Crippen LogP contribution in [0.5, 0.6) is 0 Å². The quantitative estimate of drug-likeness (QED) is 0.708. The number of likely N-dealkylation sites (tertiary alicyclic amines) is 1. The molecule has 0 bridgehead atoms. The van der Waals surface area contributed by atoms with Crippen molar-refractivity contribution in [2.75, 3.05) is 6.54 Å². The molecule has 1 aliphatic heterocycles. The van der Waals surface area contributed by atoms with E-state index in [4.69, 9.17) is 14.4 Å². The highest BCUT2D eigenvalue weighted by Gasteiger charge is 2.33. The van der Waals surface area contributed by atoms with Crippen molar-refractivity contribution in [3.05, 3.63) is 47.6 Å². The van der Waals surface area contributed by atoms with Gasteiger partial charge in [-0.2, -0.15) is 0 Å². The summed E-state index contributed by atoms with van der Waals surface area (Å²) in [6.45, 7) is 2.34. The summed E-state index contributed by atoms with van der Waals surface area (Å²) in [4.78, 5) is 27.7. The van der Waals surface area contributed by atoms with Gasteiger partial charge in [0, 0.05) is 31.2 Å². The number of aryl methyl sites for hydroxylation is 2. The van der Waals surface area contributed by atoms with E-state index < -0.39 is 0 Å². The molecule has 1 unspecified atom stereocenters. The van der Waals surface area contributed by atoms with E-state index in [0.717, 1.165) is 41.9 Å². The highest BCUT2D eigenvalue weighted by atomic mass is 16.5. The van der Waals surface area contributed by atoms with E-state index in [0.29, 0.717) is 5.69 Å². The predicted molar refractivity (Wildman–Crippen MR) is 93.7 cm³/mol. The largest absolute Gasteiger partial charge is 0.483 e. The smallest absolute Gasteiger partial charge is 0.290 e. The first kappa shape index (κ1) is 17.7. The molecule has 0 radical (unpaired) electrons. The van der Waals surface area contributed by atoms with Gasteiger partial charge in [0.2, 0.25) is 0 Å². The Kier molecular flexibility index (Phi) is 5.01. The number of pyridine rings is 1. The Labute approximate surface area is 150 Å². The molecule has 0 aliphatic carbocycles. The number of fused-ring (bicyclic) bond motifs is 1. The number of amides is 1. The zero-order valence-corrected chi connectivity index (χ0v) is 14.6. The van der Waals surface area contributed by atoms with Crippen LogP contribution < -0.4 is 0 Å². The minimum Gasteiger partial charge on any atom is -0.483 e. The predicted octanol–water partition coefficient (Wildman–Crippen LogP) is 2.55. The van der Waals surface area contributed by atoms with Crippen molar-refractivity contribution in [1.29, 1.82) is 0 Å². The van der Waals surface area contributed by atoms with Gasteiger partial charge in [-0.15, -0.1) is 0 Å². The third kappa shape index (κ3) is 3.30. The highest BCUT2D eigenvalue weighted by Crippen LogP contribution is 2.32. The summed E-state index contributed by atoms with van der Waals surface area (Å²) >= 11 is 0. The number of hydrogen-bond donors (Lipinski definition) is 1. The third-order valence-corrected chi connectivity index (χ3v) is 4.44. The Bertz CT molecular complexity index is 930. The number of carbonyl (C=O) groups excluding carboxylic acids is 1. The van der Waals surface area contributed by atoms with Gasteiger partial charge in [0.05, 0.1) is 6.04 Å². The molecule has 0 spiro atoms. The third-order valence-electron chi connectivity index (χ3n) is 4.44. The van der Waals surface area contributed by atoms with Crippen LogP contribution in [0.3, 0.4) is 0 Å². The van der Waals surface area contributed by atoms with Crippen LogP contribution in [-0.4, -0.2) is 43.6 Å². The molecule has 136 valence electrons. The zero-order valence-electron chi connectivity index (χ0n) is 14.6. The summed E-state index contributed by atoms with van der Waals surface area (Å²) in [5.41, 5.74) is 2.13. The summed E-state index contributed by atoms with van der Waals surface area (Å²) in [7, 11) is 1.93. The normalized spacial score (nSPS) is 16.4. The van der Waals surface area contributed by atoms with Crippen molar-refractivity contribution >= 4 is 23.4 Å². The molecule has 1 saturated heterocycles. The molecule has 0 saturated carbocycles. The molecule has 26 heavy (non-hydrogen) atoms. The lowest BCUT2D eigenvalue weighted by Crippen LogP contribution is -2.31. The summed E-state index contributed by atoms with van der Waals surface area (Å²) in [6, 6.07) is 7.62. The molecule has 1 atom stereocenters. The number of carboxylic acid groups (broad SMARTS) is 1. The molecule has 4 rings (SSSR count). The van der Waals surface area contributed by atoms with Crippen molar-refractivity contribution < 1.29 is 19.2 Å². The maximum atomic E-state index is 12.9. The van der Waals surface area contributed by atoms with Crippen molar-refractivity contribution in [3.8, 4) is 0 Å². The molecular formula is C18H20N4O4. The van der Waals surface area contributed by atoms with Crippen molar-refractivity contribution in [1.82, 2.24) is 19.6 Å². The van der Waals surface area contributed by atoms with Gasteiger partial charge in [-0.05, 0) is 38.0 Å². The van der Waals surface area contributed by atoms with Gasteiger partial charge in [-0.1, -0.05) is 5.16 Å². The lowest BCUT2D eigenvalue weighted by Gasteiger charge is -2.22. The van der Waals surface area contributed by atoms with Crippen molar-refractivity contribution in [2.24, 2.45) is 7.05 Å². The van der Waals surface area contributed by atoms with E-state index in [1.807, 2.05) is 47.8 Å². The Morgan fingerprint density at radius 2 is 2.15 bits per heavy atom. The lowest BCUT2D eigenvalue weighted by atomic mass is 10.1. The zero-order chi connectivity index (χ0) is 18.7. The minimum absolute atomic E-state index is 0.0224. The van der Waals surface area contributed by atoms with E-state index in [-0.39, 0.29) is 18.4 Å². The topological polar surface area (TPSA) is 101 Å². The lowest BCUT2D eigenvalue weighted by molar-refractivity contribution is -0.122. The Balaban J connectivity index is 0.000000613. The van der Waals surface area contributed by atoms with Gasteiger partial charge >= 0.3 is 0 Å². The van der Waals surface area contributed by atoms with E-state index in [9.17, 15) is 4.79 Å². The fourth-order valence-corrected chi connectivity index (χ4v) is 3.26. The summed E-state index contributed by atoms with van der Waals surface area (Å²) < 4.78 is 7.09. The molecule has 1 fully saturated rings. The van der Waals surface area contributed by atoms with Crippen LogP contribution in [-0.2, 0) is 11.8 Å². The van der Waals surface area contributed by atoms with Gasteiger partial charge in [0.15, 0.2) is 0 Å². The van der Waals surface area contributed by atoms with Gasteiger partial charge in [-0.25, -0.2) is 4.98 Å². The van der Waals surface area contributed by atoms with E-state index >= 15 is 0 Å². The molecule has 3 aromatic heterocycles. The van der Waals surface area contributed by atoms with Gasteiger partial charge in [0.25, 0.3) is 12.4 Å². The average Bonchev–Trinajstić information content (AvgIpc) is 3.35. The maximum Gasteiger partial charge on any atom is 0.290 e. The van der Waals surface area contributed by atoms with Crippen LogP contribution in [0.15, 0.2) is 35.0 Å². The number of aromatic nitrogens is 3. The standard InChI is InChI=1S/C17H18N4O2.CH2O2/c1-11-10-14(19-23-11)15-4-3-8-21(15)17(22)13-6-5-12-7-9-20(2)16(12)18-13;2-1-3/h5-7,9-10,15H,3-4,8H2,1-2H3;1H,(H,2,3). The van der Waals surface area contributed by atoms with Gasteiger partial charge in [-0.3, -0.25) is 9.59 Å². The second-order valence-electron chi connectivity index (χ2n) is 6.16. The summed E-state index contributed by atoms with van der Waals surface area (Å²) in [6.07, 6.45) is 3.82. The Morgan fingerprint density at radius 3 is 2.85 bits per heavy atom. The summed E-state index contributed by atoms with van der Waals surface area (Å²) in [5.74, 6) is 0.721. The Morgan fingerprint density at radius 1 is 1.38 bits per heavy atom. The SMILES string of the molecule is Cc1cc(C2CCCN2C(=O)c2ccc3ccn(C)c3n2)no1.O=CO. The van der Waals surface area contributed by atoms with E-state index in [1.54, 1.807) is 6.07 Å². The van der Waals surface area contributed by atoms with Crippen LogP contribution in [0, 0.1) is 6.92 Å². The van der Waals surface area contributed by atoms with Crippen LogP contribution in [0.1, 0.15) is 40.8 Å². The second kappa shape index (κ2) is 7.38. The number of nitrogens with zero attached hydrogens (tertiary/aromatic N) is 4. The minimum atomic E-state index is -0.250. The number of rotatable bonds is 2. The van der Waals surface area contributed by atoms with Gasteiger partial charge in [0.1, 0.15) is 22.8 Å². The van der Waals surface area contributed by atoms with Crippen LogP contribution >= 0.6 is 0 Å². The average molecular weight is 356 g/mol. The Hall–Kier alpha value is -3.16. The maximum absolute atomic E-state index is 12.9. The van der Waals surface area contributed by atoms with Crippen LogP contribution in [0.4, 0.5) is 0 Å². The van der Waals surface area contributed by atoms with Crippen LogP contribution in [0.2, 0.25) is 0 Å². The summed E-state index contributed by atoms with van der Waals surface area (Å²) in [5, 5.41) is 12.0.